The lowest BCUT2D eigenvalue weighted by atomic mass is 10.0. The molecule has 15 heavy (non-hydrogen) atoms. The molecular weight excluding hydrogens is 220 g/mol. The predicted molar refractivity (Wildman–Crippen MR) is 56.1 cm³/mol. The molecule has 1 aromatic carbocycles. The predicted octanol–water partition coefficient (Wildman–Crippen LogP) is 0.702. The monoisotopic (exact) mass is 230 g/mol. The number of carbonyl (C=O) groups is 1. The number of phenols is 1. The molecule has 0 spiro atoms. The van der Waals surface area contributed by atoms with Crippen LogP contribution in [0.1, 0.15) is 22.0 Å². The molecule has 0 aromatic heterocycles. The molecule has 0 amide bonds. The summed E-state index contributed by atoms with van der Waals surface area (Å²) in [6.07, 6.45) is 0. The summed E-state index contributed by atoms with van der Waals surface area (Å²) in [6, 6.07) is 1.90. The molecule has 0 aliphatic carbocycles. The van der Waals surface area contributed by atoms with Gasteiger partial charge in [-0.1, -0.05) is 11.6 Å². The summed E-state index contributed by atoms with van der Waals surface area (Å²) in [5, 5.41) is 18.6. The molecule has 0 aliphatic rings. The molecule has 0 bridgehead atoms. The standard InChI is InChI=1S/C9H11ClN2O3/c10-5-2-1-4(9(14)15)8(13)7(5)6(12)3-11/h1-2,6,13H,3,11-12H2,(H,14,15)/t6-/m0/s1. The number of carboxylic acid groups (broad SMARTS) is 1. The zero-order valence-corrected chi connectivity index (χ0v) is 8.53. The van der Waals surface area contributed by atoms with Crippen LogP contribution in [0.2, 0.25) is 5.02 Å². The number of benzene rings is 1. The average Bonchev–Trinajstić information content (AvgIpc) is 2.16. The molecule has 6 heteroatoms. The Morgan fingerprint density at radius 3 is 2.60 bits per heavy atom. The fourth-order valence-electron chi connectivity index (χ4n) is 1.23. The van der Waals surface area contributed by atoms with Crippen LogP contribution in [0.3, 0.4) is 0 Å². The van der Waals surface area contributed by atoms with Crippen LogP contribution in [0.25, 0.3) is 0 Å². The van der Waals surface area contributed by atoms with Crippen LogP contribution in [0.5, 0.6) is 5.75 Å². The van der Waals surface area contributed by atoms with Crippen LogP contribution in [-0.2, 0) is 0 Å². The lowest BCUT2D eigenvalue weighted by Crippen LogP contribution is -2.21. The first-order valence-electron chi connectivity index (χ1n) is 4.19. The molecule has 1 rings (SSSR count). The van der Waals surface area contributed by atoms with Crippen molar-refractivity contribution in [2.75, 3.05) is 6.54 Å². The second kappa shape index (κ2) is 4.48. The summed E-state index contributed by atoms with van der Waals surface area (Å²) in [7, 11) is 0. The lowest BCUT2D eigenvalue weighted by molar-refractivity contribution is 0.0693. The van der Waals surface area contributed by atoms with E-state index in [-0.39, 0.29) is 22.7 Å². The zero-order valence-electron chi connectivity index (χ0n) is 7.77. The number of rotatable bonds is 3. The van der Waals surface area contributed by atoms with Gasteiger partial charge < -0.3 is 21.7 Å². The third kappa shape index (κ3) is 2.20. The van der Waals surface area contributed by atoms with Crippen molar-refractivity contribution in [2.45, 2.75) is 6.04 Å². The smallest absolute Gasteiger partial charge is 0.339 e. The highest BCUT2D eigenvalue weighted by Crippen LogP contribution is 2.33. The van der Waals surface area contributed by atoms with Crippen LogP contribution >= 0.6 is 11.6 Å². The van der Waals surface area contributed by atoms with Gasteiger partial charge in [0.25, 0.3) is 0 Å². The first-order chi connectivity index (χ1) is 6.99. The van der Waals surface area contributed by atoms with Crippen LogP contribution in [0.15, 0.2) is 12.1 Å². The maximum atomic E-state index is 10.7. The van der Waals surface area contributed by atoms with Crippen molar-refractivity contribution in [2.24, 2.45) is 11.5 Å². The van der Waals surface area contributed by atoms with E-state index in [2.05, 4.69) is 0 Å². The van der Waals surface area contributed by atoms with Gasteiger partial charge in [0.05, 0.1) is 0 Å². The second-order valence-corrected chi connectivity index (χ2v) is 3.41. The van der Waals surface area contributed by atoms with Crippen molar-refractivity contribution in [3.05, 3.63) is 28.3 Å². The Kier molecular flexibility index (Phi) is 3.52. The molecule has 0 fully saturated rings. The number of hydrogen-bond acceptors (Lipinski definition) is 4. The van der Waals surface area contributed by atoms with E-state index in [1.807, 2.05) is 0 Å². The van der Waals surface area contributed by atoms with Crippen LogP contribution < -0.4 is 11.5 Å². The molecule has 6 N–H and O–H groups in total. The average molecular weight is 231 g/mol. The van der Waals surface area contributed by atoms with Crippen LogP contribution in [0.4, 0.5) is 0 Å². The maximum Gasteiger partial charge on any atom is 0.339 e. The molecule has 0 saturated heterocycles. The number of nitrogens with two attached hydrogens (primary N) is 2. The van der Waals surface area contributed by atoms with Gasteiger partial charge in [0, 0.05) is 23.2 Å². The first-order valence-corrected chi connectivity index (χ1v) is 4.57. The highest BCUT2D eigenvalue weighted by Gasteiger charge is 2.19. The number of aromatic carboxylic acids is 1. The zero-order chi connectivity index (χ0) is 11.6. The van der Waals surface area contributed by atoms with E-state index in [4.69, 9.17) is 28.2 Å². The van der Waals surface area contributed by atoms with E-state index >= 15 is 0 Å². The minimum absolute atomic E-state index is 0.0658. The third-order valence-electron chi connectivity index (χ3n) is 2.02. The quantitative estimate of drug-likeness (QED) is 0.611. The third-order valence-corrected chi connectivity index (χ3v) is 2.35. The molecular formula is C9H11ClN2O3. The van der Waals surface area contributed by atoms with E-state index in [1.54, 1.807) is 0 Å². The topological polar surface area (TPSA) is 110 Å². The summed E-state index contributed by atoms with van der Waals surface area (Å²) in [5.41, 5.74) is 10.9. The Balaban J connectivity index is 3.36. The van der Waals surface area contributed by atoms with Gasteiger partial charge in [-0.2, -0.15) is 0 Å². The number of halogens is 1. The highest BCUT2D eigenvalue weighted by molar-refractivity contribution is 6.31. The van der Waals surface area contributed by atoms with Crippen molar-refractivity contribution < 1.29 is 15.0 Å². The highest BCUT2D eigenvalue weighted by atomic mass is 35.5. The second-order valence-electron chi connectivity index (χ2n) is 3.00. The lowest BCUT2D eigenvalue weighted by Gasteiger charge is -2.14. The number of hydrogen-bond donors (Lipinski definition) is 4. The Labute approximate surface area is 91.3 Å². The van der Waals surface area contributed by atoms with Crippen LogP contribution in [0, 0.1) is 0 Å². The van der Waals surface area contributed by atoms with E-state index in [0.717, 1.165) is 0 Å². The minimum Gasteiger partial charge on any atom is -0.507 e. The van der Waals surface area contributed by atoms with Gasteiger partial charge in [0.15, 0.2) is 0 Å². The van der Waals surface area contributed by atoms with Crippen molar-refractivity contribution in [3.8, 4) is 5.75 Å². The first kappa shape index (κ1) is 11.8. The van der Waals surface area contributed by atoms with Crippen molar-refractivity contribution in [3.63, 3.8) is 0 Å². The van der Waals surface area contributed by atoms with Crippen molar-refractivity contribution >= 4 is 17.6 Å². The van der Waals surface area contributed by atoms with Crippen LogP contribution in [-0.4, -0.2) is 22.7 Å². The Hall–Kier alpha value is -1.30. The van der Waals surface area contributed by atoms with Gasteiger partial charge in [0.1, 0.15) is 11.3 Å². The van der Waals surface area contributed by atoms with E-state index in [9.17, 15) is 9.90 Å². The summed E-state index contributed by atoms with van der Waals surface area (Å²) < 4.78 is 0. The molecule has 82 valence electrons. The molecule has 0 radical (unpaired) electrons. The van der Waals surface area contributed by atoms with E-state index in [1.165, 1.54) is 12.1 Å². The van der Waals surface area contributed by atoms with Gasteiger partial charge >= 0.3 is 5.97 Å². The molecule has 0 unspecified atom stereocenters. The van der Waals surface area contributed by atoms with Gasteiger partial charge in [-0.15, -0.1) is 0 Å². The molecule has 1 atom stereocenters. The SMILES string of the molecule is NC[C@H](N)c1c(Cl)ccc(C(=O)O)c1O. The van der Waals surface area contributed by atoms with E-state index < -0.39 is 17.8 Å². The molecule has 0 aliphatic heterocycles. The van der Waals surface area contributed by atoms with E-state index in [0.29, 0.717) is 0 Å². The largest absolute Gasteiger partial charge is 0.507 e. The number of carboxylic acids is 1. The minimum atomic E-state index is -1.24. The Morgan fingerprint density at radius 2 is 2.13 bits per heavy atom. The Morgan fingerprint density at radius 1 is 1.53 bits per heavy atom. The summed E-state index contributed by atoms with van der Waals surface area (Å²) >= 11 is 5.79. The molecule has 0 saturated carbocycles. The maximum absolute atomic E-state index is 10.7. The normalized spacial score (nSPS) is 12.5. The number of aromatic hydroxyl groups is 1. The fourth-order valence-corrected chi connectivity index (χ4v) is 1.52. The van der Waals surface area contributed by atoms with Crippen molar-refractivity contribution in [1.82, 2.24) is 0 Å². The summed E-state index contributed by atoms with van der Waals surface area (Å²) in [6.45, 7) is 0.0658. The molecule has 1 aromatic rings. The summed E-state index contributed by atoms with van der Waals surface area (Å²) in [5.74, 6) is -1.66. The Bertz CT molecular complexity index is 395. The van der Waals surface area contributed by atoms with Crippen molar-refractivity contribution in [1.29, 1.82) is 0 Å². The van der Waals surface area contributed by atoms with Gasteiger partial charge in [-0.05, 0) is 12.1 Å². The molecule has 0 heterocycles. The fraction of sp³-hybridized carbons (Fsp3) is 0.222. The molecule has 5 nitrogen and oxygen atoms in total. The summed E-state index contributed by atoms with van der Waals surface area (Å²) in [4.78, 5) is 10.7. The van der Waals surface area contributed by atoms with Gasteiger partial charge in [-0.25, -0.2) is 4.79 Å². The van der Waals surface area contributed by atoms with Gasteiger partial charge in [-0.3, -0.25) is 0 Å². The van der Waals surface area contributed by atoms with Gasteiger partial charge in [0.2, 0.25) is 0 Å².